The summed E-state index contributed by atoms with van der Waals surface area (Å²) in [6.45, 7) is 4.42. The van der Waals surface area contributed by atoms with Crippen molar-refractivity contribution in [2.75, 3.05) is 18.6 Å². The molecule has 6 heteroatoms. The molecule has 3 aromatic rings. The molecule has 3 rings (SSSR count). The van der Waals surface area contributed by atoms with E-state index in [1.165, 1.54) is 0 Å². The molecule has 130 valence electrons. The van der Waals surface area contributed by atoms with E-state index in [9.17, 15) is 9.90 Å². The number of anilines is 1. The summed E-state index contributed by atoms with van der Waals surface area (Å²) >= 11 is 0. The molecular weight excluding hydrogens is 318 g/mol. The molecule has 0 bridgehead atoms. The molecule has 0 unspecified atom stereocenters. The van der Waals surface area contributed by atoms with E-state index in [0.717, 1.165) is 5.69 Å². The summed E-state index contributed by atoms with van der Waals surface area (Å²) in [5, 5.41) is 9.43. The number of benzene rings is 1. The number of carbonyl (C=O) groups excluding carboxylic acids is 1. The first-order valence-electron chi connectivity index (χ1n) is 8.26. The fourth-order valence-electron chi connectivity index (χ4n) is 2.78. The fraction of sp³-hybridized carbons (Fsp3) is 0.263. The number of hydrogen-bond acceptors (Lipinski definition) is 4. The number of hydrogen-bond donors (Lipinski definition) is 1. The Morgan fingerprint density at radius 3 is 2.60 bits per heavy atom. The van der Waals surface area contributed by atoms with Crippen LogP contribution in [0.5, 0.6) is 11.5 Å². The number of rotatable bonds is 5. The van der Waals surface area contributed by atoms with Crippen LogP contribution in [0.2, 0.25) is 0 Å². The average Bonchev–Trinajstić information content (AvgIpc) is 3.01. The van der Waals surface area contributed by atoms with Crippen molar-refractivity contribution >= 4 is 17.2 Å². The Balaban J connectivity index is 2.08. The summed E-state index contributed by atoms with van der Waals surface area (Å²) in [6.07, 6.45) is 2.46. The van der Waals surface area contributed by atoms with E-state index < -0.39 is 0 Å². The van der Waals surface area contributed by atoms with Crippen molar-refractivity contribution in [3.05, 3.63) is 54.0 Å². The number of aromatic hydroxyl groups is 1. The molecule has 0 saturated heterocycles. The van der Waals surface area contributed by atoms with Gasteiger partial charge in [0.25, 0.3) is 5.91 Å². The monoisotopic (exact) mass is 339 g/mol. The van der Waals surface area contributed by atoms with Gasteiger partial charge in [-0.3, -0.25) is 9.20 Å². The second-order valence-corrected chi connectivity index (χ2v) is 5.64. The lowest BCUT2D eigenvalue weighted by molar-refractivity contribution is 0.0986. The van der Waals surface area contributed by atoms with Gasteiger partial charge in [0.05, 0.1) is 12.3 Å². The Bertz CT molecular complexity index is 900. The van der Waals surface area contributed by atoms with E-state index in [4.69, 9.17) is 4.74 Å². The van der Waals surface area contributed by atoms with Crippen LogP contribution in [0.4, 0.5) is 5.69 Å². The van der Waals surface area contributed by atoms with Gasteiger partial charge in [0, 0.05) is 18.9 Å². The first kappa shape index (κ1) is 16.8. The zero-order valence-corrected chi connectivity index (χ0v) is 14.6. The van der Waals surface area contributed by atoms with Crippen LogP contribution in [-0.2, 0) is 6.42 Å². The van der Waals surface area contributed by atoms with Crippen LogP contribution in [0.3, 0.4) is 0 Å². The Morgan fingerprint density at radius 1 is 1.24 bits per heavy atom. The van der Waals surface area contributed by atoms with E-state index in [-0.39, 0.29) is 11.7 Å². The number of aromatic nitrogens is 2. The molecule has 25 heavy (non-hydrogen) atoms. The molecular formula is C19H21N3O3. The molecule has 0 fully saturated rings. The van der Waals surface area contributed by atoms with Crippen molar-refractivity contribution in [2.24, 2.45) is 0 Å². The molecule has 0 saturated carbocycles. The lowest BCUT2D eigenvalue weighted by Gasteiger charge is -2.18. The van der Waals surface area contributed by atoms with Crippen molar-refractivity contribution in [2.45, 2.75) is 20.3 Å². The highest BCUT2D eigenvalue weighted by Gasteiger charge is 2.23. The highest BCUT2D eigenvalue weighted by Crippen LogP contribution is 2.25. The first-order valence-corrected chi connectivity index (χ1v) is 8.26. The third-order valence-corrected chi connectivity index (χ3v) is 4.07. The normalized spacial score (nSPS) is 10.8. The molecule has 0 radical (unpaired) electrons. The number of amides is 1. The number of nitrogens with zero attached hydrogens (tertiary/aromatic N) is 3. The molecule has 0 aliphatic rings. The predicted molar refractivity (Wildman–Crippen MR) is 96.6 cm³/mol. The maximum Gasteiger partial charge on any atom is 0.276 e. The van der Waals surface area contributed by atoms with Crippen LogP contribution >= 0.6 is 0 Å². The number of aryl methyl sites for hydroxylation is 1. The molecule has 0 aliphatic heterocycles. The summed E-state index contributed by atoms with van der Waals surface area (Å²) in [6, 6.07) is 10.2. The van der Waals surface area contributed by atoms with Crippen molar-refractivity contribution in [1.82, 2.24) is 9.38 Å². The van der Waals surface area contributed by atoms with Crippen LogP contribution in [0.1, 0.15) is 30.0 Å². The molecule has 0 aliphatic carbocycles. The molecule has 2 aromatic heterocycles. The van der Waals surface area contributed by atoms with Crippen molar-refractivity contribution in [3.8, 4) is 11.5 Å². The van der Waals surface area contributed by atoms with Gasteiger partial charge in [-0.05, 0) is 49.7 Å². The number of pyridine rings is 1. The van der Waals surface area contributed by atoms with E-state index >= 15 is 0 Å². The smallest absolute Gasteiger partial charge is 0.276 e. The van der Waals surface area contributed by atoms with Gasteiger partial charge in [-0.15, -0.1) is 0 Å². The highest BCUT2D eigenvalue weighted by atomic mass is 16.5. The molecule has 0 atom stereocenters. The Labute approximate surface area is 146 Å². The minimum absolute atomic E-state index is 0.162. The van der Waals surface area contributed by atoms with E-state index in [1.807, 2.05) is 32.2 Å². The van der Waals surface area contributed by atoms with Gasteiger partial charge in [-0.25, -0.2) is 4.98 Å². The molecule has 2 heterocycles. The third-order valence-electron chi connectivity index (χ3n) is 4.07. The van der Waals surface area contributed by atoms with Crippen molar-refractivity contribution in [3.63, 3.8) is 0 Å². The van der Waals surface area contributed by atoms with E-state index in [1.54, 1.807) is 40.6 Å². The molecule has 1 N–H and O–H groups in total. The second kappa shape index (κ2) is 6.84. The first-order chi connectivity index (χ1) is 12.1. The molecule has 1 aromatic carbocycles. The maximum atomic E-state index is 13.1. The number of ether oxygens (including phenoxy) is 1. The van der Waals surface area contributed by atoms with Crippen LogP contribution < -0.4 is 9.64 Å². The van der Waals surface area contributed by atoms with E-state index in [2.05, 4.69) is 4.98 Å². The number of phenols is 1. The lowest BCUT2D eigenvalue weighted by atomic mass is 10.2. The largest absolute Gasteiger partial charge is 0.508 e. The topological polar surface area (TPSA) is 67.1 Å². The quantitative estimate of drug-likeness (QED) is 0.775. The van der Waals surface area contributed by atoms with Crippen molar-refractivity contribution in [1.29, 1.82) is 0 Å². The maximum absolute atomic E-state index is 13.1. The number of fused-ring (bicyclic) bond motifs is 1. The Hall–Kier alpha value is -3.02. The summed E-state index contributed by atoms with van der Waals surface area (Å²) in [7, 11) is 1.71. The van der Waals surface area contributed by atoms with Gasteiger partial charge >= 0.3 is 0 Å². The zero-order valence-electron chi connectivity index (χ0n) is 14.6. The second-order valence-electron chi connectivity index (χ2n) is 5.64. The summed E-state index contributed by atoms with van der Waals surface area (Å²) in [4.78, 5) is 19.3. The Morgan fingerprint density at radius 2 is 1.96 bits per heavy atom. The molecule has 1 amide bonds. The van der Waals surface area contributed by atoms with Crippen molar-refractivity contribution < 1.29 is 14.6 Å². The average molecular weight is 339 g/mol. The third kappa shape index (κ3) is 3.03. The molecule has 6 nitrogen and oxygen atoms in total. The van der Waals surface area contributed by atoms with Gasteiger partial charge in [-0.2, -0.15) is 0 Å². The summed E-state index contributed by atoms with van der Waals surface area (Å²) in [5.74, 6) is 0.657. The Kier molecular flexibility index (Phi) is 4.61. The number of carbonyl (C=O) groups is 1. The van der Waals surface area contributed by atoms with E-state index in [0.29, 0.717) is 35.8 Å². The van der Waals surface area contributed by atoms with Crippen LogP contribution in [0, 0.1) is 0 Å². The predicted octanol–water partition coefficient (Wildman–Crippen LogP) is 3.28. The zero-order chi connectivity index (χ0) is 18.0. The molecule has 0 spiro atoms. The van der Waals surface area contributed by atoms with Gasteiger partial charge < -0.3 is 14.7 Å². The standard InChI is InChI=1S/C19H21N3O3/c1-4-15-17(19(24)21(3)13-8-10-14(23)11-9-13)22-12-6-7-16(25-5-2)18(22)20-15/h6-12,23H,4-5H2,1-3H3. The summed E-state index contributed by atoms with van der Waals surface area (Å²) in [5.41, 5.74) is 2.59. The van der Waals surface area contributed by atoms with Crippen LogP contribution in [0.15, 0.2) is 42.6 Å². The number of phenolic OH excluding ortho intramolecular Hbond substituents is 1. The summed E-state index contributed by atoms with van der Waals surface area (Å²) < 4.78 is 7.41. The minimum atomic E-state index is -0.163. The van der Waals surface area contributed by atoms with Crippen LogP contribution in [0.25, 0.3) is 5.65 Å². The van der Waals surface area contributed by atoms with Gasteiger partial charge in [0.15, 0.2) is 11.4 Å². The van der Waals surface area contributed by atoms with Crippen LogP contribution in [-0.4, -0.2) is 34.1 Å². The highest BCUT2D eigenvalue weighted by molar-refractivity contribution is 6.06. The lowest BCUT2D eigenvalue weighted by Crippen LogP contribution is -2.28. The fourth-order valence-corrected chi connectivity index (χ4v) is 2.78. The van der Waals surface area contributed by atoms with Gasteiger partial charge in [0.1, 0.15) is 11.4 Å². The SMILES string of the molecule is CCOc1cccn2c(C(=O)N(C)c3ccc(O)cc3)c(CC)nc12. The minimum Gasteiger partial charge on any atom is -0.508 e. The van der Waals surface area contributed by atoms with Gasteiger partial charge in [0.2, 0.25) is 0 Å². The number of imidazole rings is 1. The van der Waals surface area contributed by atoms with Gasteiger partial charge in [-0.1, -0.05) is 6.92 Å².